The topological polar surface area (TPSA) is 109 Å². The van der Waals surface area contributed by atoms with Crippen molar-refractivity contribution in [1.29, 1.82) is 0 Å². The number of aromatic nitrogens is 3. The van der Waals surface area contributed by atoms with Gasteiger partial charge < -0.3 is 20.5 Å². The number of carboxylic acids is 1. The molecule has 8 nitrogen and oxygen atoms in total. The van der Waals surface area contributed by atoms with Gasteiger partial charge in [-0.1, -0.05) is 0 Å². The number of hydrogen-bond acceptors (Lipinski definition) is 7. The highest BCUT2D eigenvalue weighted by molar-refractivity contribution is 5.94. The maximum Gasteiger partial charge on any atom is 0.331 e. The van der Waals surface area contributed by atoms with Crippen molar-refractivity contribution in [3.05, 3.63) is 65.2 Å². The third-order valence-electron chi connectivity index (χ3n) is 4.48. The van der Waals surface area contributed by atoms with Crippen molar-refractivity contribution in [2.45, 2.75) is 27.7 Å². The predicted molar refractivity (Wildman–Crippen MR) is 121 cm³/mol. The average Bonchev–Trinajstić information content (AvgIpc) is 2.74. The Hall–Kier alpha value is -3.94. The normalized spacial score (nSPS) is 11.2. The highest BCUT2D eigenvalue weighted by Gasteiger charge is 2.13. The number of carboxylic acid groups (broad SMARTS) is 1. The Balaban J connectivity index is 1.89. The van der Waals surface area contributed by atoms with Crippen LogP contribution in [0.2, 0.25) is 0 Å². The number of carbonyl (C=O) groups is 1. The van der Waals surface area contributed by atoms with Crippen molar-refractivity contribution in [2.75, 3.05) is 17.2 Å². The summed E-state index contributed by atoms with van der Waals surface area (Å²) in [4.78, 5) is 24.1. The fourth-order valence-corrected chi connectivity index (χ4v) is 2.84. The van der Waals surface area contributed by atoms with E-state index in [4.69, 9.17) is 4.74 Å². The minimum Gasteiger partial charge on any atom is -0.478 e. The van der Waals surface area contributed by atoms with E-state index >= 15 is 0 Å². The molecule has 0 aliphatic heterocycles. The molecule has 0 aliphatic rings. The van der Waals surface area contributed by atoms with Crippen LogP contribution in [0.1, 0.15) is 30.7 Å². The Labute approximate surface area is 181 Å². The number of anilines is 3. The zero-order chi connectivity index (χ0) is 22.4. The molecule has 8 heteroatoms. The molecular weight excluding hydrogens is 394 g/mol. The zero-order valence-corrected chi connectivity index (χ0v) is 17.9. The molecule has 0 radical (unpaired) electrons. The molecule has 0 spiro atoms. The van der Waals surface area contributed by atoms with Gasteiger partial charge in [0.15, 0.2) is 0 Å². The first-order valence-electron chi connectivity index (χ1n) is 9.86. The summed E-state index contributed by atoms with van der Waals surface area (Å²) >= 11 is 0. The van der Waals surface area contributed by atoms with E-state index in [0.717, 1.165) is 16.9 Å². The molecule has 0 unspecified atom stereocenters. The van der Waals surface area contributed by atoms with Crippen molar-refractivity contribution in [3.63, 3.8) is 0 Å². The summed E-state index contributed by atoms with van der Waals surface area (Å²) in [6.07, 6.45) is 4.67. The van der Waals surface area contributed by atoms with Crippen molar-refractivity contribution < 1.29 is 14.6 Å². The zero-order valence-electron chi connectivity index (χ0n) is 17.9. The fourth-order valence-electron chi connectivity index (χ4n) is 2.84. The highest BCUT2D eigenvalue weighted by atomic mass is 16.5. The molecule has 3 N–H and O–H groups in total. The first-order chi connectivity index (χ1) is 14.9. The maximum atomic E-state index is 11.3. The Kier molecular flexibility index (Phi) is 6.81. The average molecular weight is 419 g/mol. The first kappa shape index (κ1) is 21.8. The summed E-state index contributed by atoms with van der Waals surface area (Å²) in [6, 6.07) is 9.44. The molecule has 1 aromatic carbocycles. The van der Waals surface area contributed by atoms with Crippen molar-refractivity contribution >= 4 is 29.4 Å². The Morgan fingerprint density at radius 3 is 2.55 bits per heavy atom. The lowest BCUT2D eigenvalue weighted by Gasteiger charge is -2.15. The predicted octanol–water partition coefficient (Wildman–Crippen LogP) is 4.94. The summed E-state index contributed by atoms with van der Waals surface area (Å²) in [5.74, 6) is 1.44. The third kappa shape index (κ3) is 5.57. The van der Waals surface area contributed by atoms with E-state index in [9.17, 15) is 9.90 Å². The summed E-state index contributed by atoms with van der Waals surface area (Å²) < 4.78 is 5.92. The largest absolute Gasteiger partial charge is 0.478 e. The minimum atomic E-state index is -1.000. The number of benzene rings is 1. The van der Waals surface area contributed by atoms with E-state index in [0.29, 0.717) is 35.2 Å². The van der Waals surface area contributed by atoms with E-state index in [-0.39, 0.29) is 5.57 Å². The van der Waals surface area contributed by atoms with Crippen LogP contribution in [0, 0.1) is 13.8 Å². The van der Waals surface area contributed by atoms with E-state index in [1.54, 1.807) is 12.3 Å². The monoisotopic (exact) mass is 419 g/mol. The van der Waals surface area contributed by atoms with Crippen LogP contribution in [-0.4, -0.2) is 32.6 Å². The van der Waals surface area contributed by atoms with Gasteiger partial charge in [0.05, 0.1) is 11.8 Å². The van der Waals surface area contributed by atoms with Gasteiger partial charge in [0.25, 0.3) is 0 Å². The molecule has 2 heterocycles. The van der Waals surface area contributed by atoms with Gasteiger partial charge >= 0.3 is 5.97 Å². The van der Waals surface area contributed by atoms with Gasteiger partial charge in [-0.3, -0.25) is 4.98 Å². The molecule has 31 heavy (non-hydrogen) atoms. The van der Waals surface area contributed by atoms with E-state index in [1.807, 2.05) is 51.1 Å². The maximum absolute atomic E-state index is 11.3. The molecule has 2 aromatic heterocycles. The molecule has 160 valence electrons. The van der Waals surface area contributed by atoms with Gasteiger partial charge in [0.1, 0.15) is 29.5 Å². The Morgan fingerprint density at radius 2 is 1.90 bits per heavy atom. The molecule has 0 amide bonds. The quantitative estimate of drug-likeness (QED) is 0.440. The molecule has 0 saturated heterocycles. The van der Waals surface area contributed by atoms with Crippen LogP contribution < -0.4 is 15.4 Å². The molecule has 0 fully saturated rings. The van der Waals surface area contributed by atoms with Gasteiger partial charge in [0.2, 0.25) is 0 Å². The van der Waals surface area contributed by atoms with E-state index in [1.165, 1.54) is 13.3 Å². The molecular formula is C23H25N5O3. The smallest absolute Gasteiger partial charge is 0.331 e. The van der Waals surface area contributed by atoms with Gasteiger partial charge in [-0.25, -0.2) is 14.8 Å². The standard InChI is InChI=1S/C23H25N5O3/c1-5-24-21-19(11-15(3)23(29)30)22(27-13-26-21)28-17-7-9-20(14(2)10-17)31-18-8-6-16(4)25-12-18/h6-13H,5H2,1-4H3,(H,29,30)(H2,24,26,27,28)/b15-11+. The molecule has 0 atom stereocenters. The summed E-state index contributed by atoms with van der Waals surface area (Å²) in [5.41, 5.74) is 3.39. The number of aliphatic carboxylic acids is 1. The third-order valence-corrected chi connectivity index (χ3v) is 4.48. The first-order valence-corrected chi connectivity index (χ1v) is 9.86. The number of rotatable bonds is 8. The van der Waals surface area contributed by atoms with Crippen molar-refractivity contribution in [3.8, 4) is 11.5 Å². The summed E-state index contributed by atoms with van der Waals surface area (Å²) in [5, 5.41) is 15.7. The number of aryl methyl sites for hydroxylation is 2. The SMILES string of the molecule is CCNc1ncnc(Nc2ccc(Oc3ccc(C)nc3)c(C)c2)c1/C=C(\C)C(=O)O. The number of ether oxygens (including phenoxy) is 1. The van der Waals surface area contributed by atoms with Gasteiger partial charge in [0, 0.05) is 23.5 Å². The number of hydrogen-bond donors (Lipinski definition) is 3. The van der Waals surface area contributed by atoms with Crippen molar-refractivity contribution in [2.24, 2.45) is 0 Å². The van der Waals surface area contributed by atoms with Crippen LogP contribution in [0.3, 0.4) is 0 Å². The lowest BCUT2D eigenvalue weighted by molar-refractivity contribution is -0.132. The number of nitrogens with one attached hydrogen (secondary N) is 2. The van der Waals surface area contributed by atoms with Crippen LogP contribution in [0.25, 0.3) is 6.08 Å². The van der Waals surface area contributed by atoms with Crippen molar-refractivity contribution in [1.82, 2.24) is 15.0 Å². The van der Waals surface area contributed by atoms with Gasteiger partial charge in [-0.2, -0.15) is 0 Å². The molecule has 3 aromatic rings. The second-order valence-electron chi connectivity index (χ2n) is 6.99. The van der Waals surface area contributed by atoms with E-state index < -0.39 is 5.97 Å². The molecule has 3 rings (SSSR count). The highest BCUT2D eigenvalue weighted by Crippen LogP contribution is 2.30. The van der Waals surface area contributed by atoms with Crippen LogP contribution in [0.4, 0.5) is 17.3 Å². The summed E-state index contributed by atoms with van der Waals surface area (Å²) in [6.45, 7) is 7.99. The Bertz CT molecular complexity index is 1110. The molecule has 0 saturated carbocycles. The van der Waals surface area contributed by atoms with Crippen LogP contribution >= 0.6 is 0 Å². The van der Waals surface area contributed by atoms with E-state index in [2.05, 4.69) is 25.6 Å². The molecule has 0 aliphatic carbocycles. The van der Waals surface area contributed by atoms with Gasteiger partial charge in [-0.05, 0) is 69.7 Å². The second kappa shape index (κ2) is 9.71. The lowest BCUT2D eigenvalue weighted by Crippen LogP contribution is -2.07. The minimum absolute atomic E-state index is 0.184. The van der Waals surface area contributed by atoms with Gasteiger partial charge in [-0.15, -0.1) is 0 Å². The van der Waals surface area contributed by atoms with Crippen LogP contribution in [0.15, 0.2) is 48.4 Å². The molecule has 0 bridgehead atoms. The Morgan fingerprint density at radius 1 is 1.13 bits per heavy atom. The number of pyridine rings is 1. The van der Waals surface area contributed by atoms with Crippen LogP contribution in [0.5, 0.6) is 11.5 Å². The van der Waals surface area contributed by atoms with Crippen LogP contribution in [-0.2, 0) is 4.79 Å². The fraction of sp³-hybridized carbons (Fsp3) is 0.217. The summed E-state index contributed by atoms with van der Waals surface area (Å²) in [7, 11) is 0. The second-order valence-corrected chi connectivity index (χ2v) is 6.99. The number of nitrogens with zero attached hydrogens (tertiary/aromatic N) is 3. The lowest BCUT2D eigenvalue weighted by atomic mass is 10.1.